The van der Waals surface area contributed by atoms with Crippen molar-refractivity contribution in [1.29, 1.82) is 0 Å². The molecule has 0 bridgehead atoms. The average molecular weight is 480 g/mol. The van der Waals surface area contributed by atoms with Crippen molar-refractivity contribution in [1.82, 2.24) is 20.2 Å². The number of rotatable bonds is 6. The number of aliphatic hydroxyl groups is 1. The van der Waals surface area contributed by atoms with Gasteiger partial charge in [-0.25, -0.2) is 18.2 Å². The minimum atomic E-state index is -3.98. The van der Waals surface area contributed by atoms with E-state index < -0.39 is 44.1 Å². The number of carbonyl (C=O) groups is 2. The van der Waals surface area contributed by atoms with Crippen molar-refractivity contribution < 1.29 is 28.2 Å². The van der Waals surface area contributed by atoms with Crippen LogP contribution in [-0.4, -0.2) is 61.5 Å². The number of aromatic nitrogens is 2. The van der Waals surface area contributed by atoms with Crippen LogP contribution >= 0.6 is 11.3 Å². The number of anilines is 1. The van der Waals surface area contributed by atoms with Crippen LogP contribution in [-0.2, 0) is 26.0 Å². The van der Waals surface area contributed by atoms with Crippen molar-refractivity contribution in [2.24, 2.45) is 0 Å². The minimum Gasteiger partial charge on any atom is -0.480 e. The molecule has 0 aromatic carbocycles. The summed E-state index contributed by atoms with van der Waals surface area (Å²) >= 11 is 1.28. The number of thiazole rings is 1. The Bertz CT molecular complexity index is 1240. The van der Waals surface area contributed by atoms with E-state index in [0.29, 0.717) is 16.4 Å². The molecule has 5 N–H and O–H groups in total. The molecule has 2 aliphatic rings. The van der Waals surface area contributed by atoms with Crippen molar-refractivity contribution in [3.8, 4) is 0 Å². The second-order valence-corrected chi connectivity index (χ2v) is 11.5. The summed E-state index contributed by atoms with van der Waals surface area (Å²) in [7, 11) is -3.98. The molecule has 170 valence electrons. The number of hydrogen-bond donors (Lipinski definition) is 4. The van der Waals surface area contributed by atoms with Gasteiger partial charge in [-0.2, -0.15) is 0 Å². The molecule has 3 atom stereocenters. The number of nitrogens with one attached hydrogen (secondary N) is 1. The molecule has 2 saturated heterocycles. The highest BCUT2D eigenvalue weighted by molar-refractivity contribution is 7.94. The SMILES string of the molecule is CC1(C)[C@H](C(=O)O)N2C(=O)/C(=C/c3cc(C(O)NCc4csc(N)n4)ccn3)[C@H]2S1(=O)=O. The number of β-lactam (4-membered cyclic amide) rings is 1. The van der Waals surface area contributed by atoms with Crippen molar-refractivity contribution in [3.05, 3.63) is 46.2 Å². The molecule has 13 heteroatoms. The van der Waals surface area contributed by atoms with Gasteiger partial charge < -0.3 is 20.8 Å². The number of aliphatic hydroxyl groups excluding tert-OH is 1. The monoisotopic (exact) mass is 479 g/mol. The zero-order valence-corrected chi connectivity index (χ0v) is 18.7. The molecular formula is C19H21N5O6S2. The minimum absolute atomic E-state index is 0.0492. The lowest BCUT2D eigenvalue weighted by molar-refractivity contribution is -0.152. The summed E-state index contributed by atoms with van der Waals surface area (Å²) in [6.07, 6.45) is 1.66. The van der Waals surface area contributed by atoms with Gasteiger partial charge >= 0.3 is 5.97 Å². The van der Waals surface area contributed by atoms with E-state index in [-0.39, 0.29) is 17.8 Å². The van der Waals surface area contributed by atoms with E-state index in [1.807, 2.05) is 0 Å². The Balaban J connectivity index is 1.57. The first kappa shape index (κ1) is 22.3. The molecule has 11 nitrogen and oxygen atoms in total. The Morgan fingerprint density at radius 2 is 2.19 bits per heavy atom. The van der Waals surface area contributed by atoms with Crippen LogP contribution in [0.5, 0.6) is 0 Å². The zero-order valence-electron chi connectivity index (χ0n) is 17.1. The number of carboxylic acids is 1. The predicted molar refractivity (Wildman–Crippen MR) is 116 cm³/mol. The number of fused-ring (bicyclic) bond motifs is 1. The molecule has 4 heterocycles. The molecule has 0 aliphatic carbocycles. The lowest BCUT2D eigenvalue weighted by Gasteiger charge is -2.37. The molecule has 2 aliphatic heterocycles. The van der Waals surface area contributed by atoms with Crippen LogP contribution in [0.2, 0.25) is 0 Å². The highest BCUT2D eigenvalue weighted by atomic mass is 32.2. The van der Waals surface area contributed by atoms with E-state index in [1.165, 1.54) is 43.5 Å². The third-order valence-electron chi connectivity index (χ3n) is 5.67. The average Bonchev–Trinajstić information content (AvgIpc) is 3.20. The molecule has 2 aromatic rings. The summed E-state index contributed by atoms with van der Waals surface area (Å²) in [6.45, 7) is 2.88. The molecule has 4 rings (SSSR count). The molecule has 0 spiro atoms. The first-order valence-electron chi connectivity index (χ1n) is 9.53. The second kappa shape index (κ2) is 7.62. The van der Waals surface area contributed by atoms with Gasteiger partial charge in [0.15, 0.2) is 26.4 Å². The summed E-state index contributed by atoms with van der Waals surface area (Å²) < 4.78 is 24.3. The quantitative estimate of drug-likeness (QED) is 0.253. The summed E-state index contributed by atoms with van der Waals surface area (Å²) in [5.74, 6) is -2.03. The second-order valence-electron chi connectivity index (χ2n) is 8.03. The highest BCUT2D eigenvalue weighted by Gasteiger charge is 2.70. The van der Waals surface area contributed by atoms with Crippen LogP contribution in [0.15, 0.2) is 29.3 Å². The summed E-state index contributed by atoms with van der Waals surface area (Å²) in [6, 6.07) is 1.62. The highest BCUT2D eigenvalue weighted by Crippen LogP contribution is 2.48. The molecule has 32 heavy (non-hydrogen) atoms. The lowest BCUT2D eigenvalue weighted by atomic mass is 9.95. The van der Waals surface area contributed by atoms with Crippen molar-refractivity contribution in [2.75, 3.05) is 5.73 Å². The van der Waals surface area contributed by atoms with E-state index >= 15 is 0 Å². The maximum Gasteiger partial charge on any atom is 0.328 e. The molecule has 1 unspecified atom stereocenters. The maximum atomic E-state index is 13.0. The van der Waals surface area contributed by atoms with Gasteiger partial charge in [-0.3, -0.25) is 15.1 Å². The topological polar surface area (TPSA) is 176 Å². The van der Waals surface area contributed by atoms with Crippen LogP contribution in [0.1, 0.15) is 37.0 Å². The normalized spacial score (nSPS) is 25.4. The van der Waals surface area contributed by atoms with E-state index in [9.17, 15) is 28.2 Å². The lowest BCUT2D eigenvalue weighted by Crippen LogP contribution is -2.58. The molecule has 2 fully saturated rings. The number of nitrogens with zero attached hydrogens (tertiary/aromatic N) is 3. The Kier molecular flexibility index (Phi) is 5.32. The predicted octanol–water partition coefficient (Wildman–Crippen LogP) is 0.113. The molecular weight excluding hydrogens is 458 g/mol. The Morgan fingerprint density at radius 1 is 1.47 bits per heavy atom. The third-order valence-corrected chi connectivity index (χ3v) is 9.15. The zero-order chi connectivity index (χ0) is 23.4. The van der Waals surface area contributed by atoms with E-state index in [4.69, 9.17) is 5.73 Å². The number of carbonyl (C=O) groups excluding carboxylic acids is 1. The number of hydrogen-bond acceptors (Lipinski definition) is 10. The number of pyridine rings is 1. The van der Waals surface area contributed by atoms with Gasteiger partial charge in [0.05, 0.1) is 17.0 Å². The largest absolute Gasteiger partial charge is 0.480 e. The van der Waals surface area contributed by atoms with Crippen LogP contribution in [0.4, 0.5) is 5.13 Å². The molecule has 0 radical (unpaired) electrons. The Labute approximate surface area is 187 Å². The van der Waals surface area contributed by atoms with Gasteiger partial charge in [0.2, 0.25) is 0 Å². The number of nitrogens with two attached hydrogens (primary N) is 1. The van der Waals surface area contributed by atoms with Gasteiger partial charge in [-0.1, -0.05) is 0 Å². The Morgan fingerprint density at radius 3 is 2.81 bits per heavy atom. The van der Waals surface area contributed by atoms with Gasteiger partial charge in [0, 0.05) is 18.1 Å². The van der Waals surface area contributed by atoms with Gasteiger partial charge in [-0.15, -0.1) is 11.3 Å². The summed E-state index contributed by atoms with van der Waals surface area (Å²) in [4.78, 5) is 33.4. The first-order chi connectivity index (χ1) is 14.9. The molecule has 2 aromatic heterocycles. The fourth-order valence-corrected chi connectivity index (χ4v) is 6.62. The van der Waals surface area contributed by atoms with E-state index in [2.05, 4.69) is 15.3 Å². The summed E-state index contributed by atoms with van der Waals surface area (Å²) in [5, 5.41) is 23.6. The number of sulfone groups is 1. The van der Waals surface area contributed by atoms with Crippen LogP contribution < -0.4 is 11.1 Å². The number of nitrogen functional groups attached to an aromatic ring is 1. The Hall–Kier alpha value is -2.87. The number of carboxylic acid groups (broad SMARTS) is 1. The van der Waals surface area contributed by atoms with Gasteiger partial charge in [0.1, 0.15) is 11.0 Å². The first-order valence-corrected chi connectivity index (χ1v) is 12.0. The molecule has 1 amide bonds. The fourth-order valence-electron chi connectivity index (χ4n) is 3.94. The number of amides is 1. The van der Waals surface area contributed by atoms with Crippen molar-refractivity contribution in [2.45, 2.75) is 42.8 Å². The van der Waals surface area contributed by atoms with E-state index in [1.54, 1.807) is 11.4 Å². The van der Waals surface area contributed by atoms with Gasteiger partial charge in [0.25, 0.3) is 5.91 Å². The van der Waals surface area contributed by atoms with Crippen LogP contribution in [0.25, 0.3) is 6.08 Å². The maximum absolute atomic E-state index is 13.0. The van der Waals surface area contributed by atoms with Gasteiger partial charge in [-0.05, 0) is 37.6 Å². The third kappa shape index (κ3) is 3.37. The van der Waals surface area contributed by atoms with Crippen molar-refractivity contribution in [3.63, 3.8) is 0 Å². The smallest absolute Gasteiger partial charge is 0.328 e. The fraction of sp³-hybridized carbons (Fsp3) is 0.368. The molecule has 0 saturated carbocycles. The van der Waals surface area contributed by atoms with Crippen LogP contribution in [0, 0.1) is 0 Å². The van der Waals surface area contributed by atoms with Crippen LogP contribution in [0.3, 0.4) is 0 Å². The summed E-state index contributed by atoms with van der Waals surface area (Å²) in [5.41, 5.74) is 6.91. The van der Waals surface area contributed by atoms with Crippen molar-refractivity contribution >= 4 is 44.3 Å². The van der Waals surface area contributed by atoms with E-state index in [0.717, 1.165) is 4.90 Å². The number of aliphatic carboxylic acids is 1. The standard InChI is InChI=1S/C19H21N5O6S2/c1-19(2)13(17(27)28)24-15(26)12(16(24)32(19,29)30)6-10-5-9(3-4-21-10)14(25)22-7-11-8-31-18(20)23-11/h3-6,8,13-14,16,22,25H,7H2,1-2H3,(H2,20,23)(H,27,28)/b12-6-/t13-,14?,16+/m0/s1.